The number of non-ortho nitro benzene ring substituents is 1. The van der Waals surface area contributed by atoms with Gasteiger partial charge in [0.05, 0.1) is 35.1 Å². The van der Waals surface area contributed by atoms with Gasteiger partial charge in [-0.15, -0.1) is 0 Å². The number of hydrogen-bond donors (Lipinski definition) is 1. The van der Waals surface area contributed by atoms with Crippen molar-refractivity contribution in [1.82, 2.24) is 15.2 Å². The topological polar surface area (TPSA) is 97.6 Å². The summed E-state index contributed by atoms with van der Waals surface area (Å²) in [5.74, 6) is -0.183. The number of hydrogen-bond acceptors (Lipinski definition) is 6. The summed E-state index contributed by atoms with van der Waals surface area (Å²) in [6.45, 7) is 6.24. The van der Waals surface area contributed by atoms with E-state index in [9.17, 15) is 14.9 Å². The molecule has 4 rings (SSSR count). The average molecular weight is 447 g/mol. The summed E-state index contributed by atoms with van der Waals surface area (Å²) in [7, 11) is 0. The zero-order valence-electron chi connectivity index (χ0n) is 18.5. The van der Waals surface area contributed by atoms with Gasteiger partial charge in [0.15, 0.2) is 0 Å². The fourth-order valence-corrected chi connectivity index (χ4v) is 3.97. The second-order valence-corrected chi connectivity index (χ2v) is 7.90. The highest BCUT2D eigenvalue weighted by Gasteiger charge is 2.20. The number of morpholine rings is 1. The number of rotatable bonds is 7. The molecular weight excluding hydrogens is 420 g/mol. The first-order valence-electron chi connectivity index (χ1n) is 10.9. The van der Waals surface area contributed by atoms with Gasteiger partial charge in [-0.3, -0.25) is 24.8 Å². The molecule has 1 aliphatic rings. The van der Waals surface area contributed by atoms with Gasteiger partial charge in [-0.1, -0.05) is 42.5 Å². The minimum Gasteiger partial charge on any atom is -0.379 e. The van der Waals surface area contributed by atoms with E-state index in [-0.39, 0.29) is 11.6 Å². The van der Waals surface area contributed by atoms with Crippen LogP contribution in [0.3, 0.4) is 0 Å². The van der Waals surface area contributed by atoms with Gasteiger partial charge in [-0.25, -0.2) is 0 Å². The summed E-state index contributed by atoms with van der Waals surface area (Å²) in [5, 5.41) is 14.2. The van der Waals surface area contributed by atoms with Crippen LogP contribution in [-0.2, 0) is 4.74 Å². The molecule has 0 bridgehead atoms. The zero-order valence-corrected chi connectivity index (χ0v) is 18.5. The van der Waals surface area contributed by atoms with Crippen LogP contribution in [0.4, 0.5) is 5.69 Å². The van der Waals surface area contributed by atoms with Crippen molar-refractivity contribution in [2.24, 2.45) is 0 Å². The van der Waals surface area contributed by atoms with E-state index in [0.29, 0.717) is 42.3 Å². The lowest BCUT2D eigenvalue weighted by Gasteiger charge is -2.26. The van der Waals surface area contributed by atoms with E-state index in [0.717, 1.165) is 30.8 Å². The number of nitro benzene ring substituents is 1. The van der Waals surface area contributed by atoms with Crippen LogP contribution < -0.4 is 5.32 Å². The van der Waals surface area contributed by atoms with E-state index in [1.54, 1.807) is 19.1 Å². The highest BCUT2D eigenvalue weighted by atomic mass is 16.6. The second kappa shape index (κ2) is 10.3. The highest BCUT2D eigenvalue weighted by molar-refractivity contribution is 6.02. The van der Waals surface area contributed by atoms with E-state index in [4.69, 9.17) is 4.74 Å². The predicted octanol–water partition coefficient (Wildman–Crippen LogP) is 3.69. The fourth-order valence-electron chi connectivity index (χ4n) is 3.97. The Bertz CT molecular complexity index is 1140. The number of nitro groups is 1. The van der Waals surface area contributed by atoms with Crippen LogP contribution in [0.1, 0.15) is 16.1 Å². The van der Waals surface area contributed by atoms with Gasteiger partial charge < -0.3 is 10.1 Å². The molecule has 8 nitrogen and oxygen atoms in total. The molecule has 170 valence electrons. The van der Waals surface area contributed by atoms with Gasteiger partial charge in [0, 0.05) is 43.9 Å². The van der Waals surface area contributed by atoms with Crippen molar-refractivity contribution in [3.05, 3.63) is 82.0 Å². The smallest absolute Gasteiger partial charge is 0.270 e. The number of benzene rings is 2. The van der Waals surface area contributed by atoms with Crippen LogP contribution in [0.5, 0.6) is 0 Å². The Morgan fingerprint density at radius 3 is 2.55 bits per heavy atom. The minimum absolute atomic E-state index is 0.00172. The lowest BCUT2D eigenvalue weighted by Crippen LogP contribution is -2.41. The van der Waals surface area contributed by atoms with Crippen molar-refractivity contribution in [1.29, 1.82) is 0 Å². The second-order valence-electron chi connectivity index (χ2n) is 7.90. The van der Waals surface area contributed by atoms with Gasteiger partial charge in [-0.05, 0) is 24.1 Å². The van der Waals surface area contributed by atoms with E-state index >= 15 is 0 Å². The van der Waals surface area contributed by atoms with Crippen molar-refractivity contribution in [2.45, 2.75) is 6.92 Å². The summed E-state index contributed by atoms with van der Waals surface area (Å²) in [6, 6.07) is 17.8. The maximum absolute atomic E-state index is 13.2. The Hall–Kier alpha value is -3.62. The van der Waals surface area contributed by atoms with Gasteiger partial charge in [0.25, 0.3) is 11.6 Å². The summed E-state index contributed by atoms with van der Waals surface area (Å²) in [4.78, 5) is 30.9. The van der Waals surface area contributed by atoms with Crippen molar-refractivity contribution in [2.75, 3.05) is 39.4 Å². The van der Waals surface area contributed by atoms with Crippen molar-refractivity contribution >= 4 is 11.6 Å². The Morgan fingerprint density at radius 2 is 1.82 bits per heavy atom. The summed E-state index contributed by atoms with van der Waals surface area (Å²) in [5.41, 5.74) is 3.92. The van der Waals surface area contributed by atoms with Gasteiger partial charge in [0.2, 0.25) is 0 Å². The molecule has 0 saturated carbocycles. The molecule has 1 aromatic heterocycles. The molecular formula is C25H26N4O4. The molecule has 0 spiro atoms. The first kappa shape index (κ1) is 22.6. The van der Waals surface area contributed by atoms with E-state index in [1.807, 2.05) is 36.4 Å². The molecule has 1 amide bonds. The Balaban J connectivity index is 1.65. The van der Waals surface area contributed by atoms with Crippen LogP contribution >= 0.6 is 0 Å². The summed E-state index contributed by atoms with van der Waals surface area (Å²) < 4.78 is 5.37. The van der Waals surface area contributed by atoms with E-state index < -0.39 is 4.92 Å². The molecule has 0 unspecified atom stereocenters. The zero-order chi connectivity index (χ0) is 23.2. The van der Waals surface area contributed by atoms with Crippen LogP contribution in [0, 0.1) is 17.0 Å². The fraction of sp³-hybridized carbons (Fsp3) is 0.280. The first-order valence-corrected chi connectivity index (χ1v) is 10.9. The SMILES string of the molecule is Cc1nc(-c2cccc([N+](=O)[O-])c2)cc(-c2ccccc2)c1C(=O)NCCN1CCOCC1. The average Bonchev–Trinajstić information content (AvgIpc) is 2.84. The third-order valence-electron chi connectivity index (χ3n) is 5.68. The lowest BCUT2D eigenvalue weighted by molar-refractivity contribution is -0.384. The molecule has 2 aromatic carbocycles. The molecule has 0 aliphatic carbocycles. The van der Waals surface area contributed by atoms with Crippen molar-refractivity contribution in [3.8, 4) is 22.4 Å². The molecule has 1 aliphatic heterocycles. The maximum Gasteiger partial charge on any atom is 0.270 e. The first-order chi connectivity index (χ1) is 16.0. The number of nitrogens with one attached hydrogen (secondary N) is 1. The standard InChI is InChI=1S/C25H26N4O4/c1-18-24(25(30)26-10-11-28-12-14-33-15-13-28)22(19-6-3-2-4-7-19)17-23(27-18)20-8-5-9-21(16-20)29(31)32/h2-9,16-17H,10-15H2,1H3,(H,26,30). The number of pyridine rings is 1. The molecule has 2 heterocycles. The monoisotopic (exact) mass is 446 g/mol. The Morgan fingerprint density at radius 1 is 1.09 bits per heavy atom. The van der Waals surface area contributed by atoms with E-state index in [1.165, 1.54) is 12.1 Å². The molecule has 33 heavy (non-hydrogen) atoms. The number of aryl methyl sites for hydroxylation is 1. The predicted molar refractivity (Wildman–Crippen MR) is 126 cm³/mol. The number of nitrogens with zero attached hydrogens (tertiary/aromatic N) is 3. The number of carbonyl (C=O) groups is 1. The van der Waals surface area contributed by atoms with Crippen LogP contribution in [0.2, 0.25) is 0 Å². The summed E-state index contributed by atoms with van der Waals surface area (Å²) >= 11 is 0. The number of ether oxygens (including phenoxy) is 1. The van der Waals surface area contributed by atoms with Gasteiger partial charge in [-0.2, -0.15) is 0 Å². The minimum atomic E-state index is -0.426. The highest BCUT2D eigenvalue weighted by Crippen LogP contribution is 2.31. The largest absolute Gasteiger partial charge is 0.379 e. The normalized spacial score (nSPS) is 14.1. The van der Waals surface area contributed by atoms with Crippen molar-refractivity contribution < 1.29 is 14.5 Å². The maximum atomic E-state index is 13.2. The van der Waals surface area contributed by atoms with Gasteiger partial charge in [0.1, 0.15) is 0 Å². The number of aromatic nitrogens is 1. The lowest BCUT2D eigenvalue weighted by atomic mass is 9.96. The van der Waals surface area contributed by atoms with Crippen LogP contribution in [0.15, 0.2) is 60.7 Å². The molecule has 0 atom stereocenters. The Labute approximate surface area is 192 Å². The third-order valence-corrected chi connectivity index (χ3v) is 5.68. The third kappa shape index (κ3) is 5.42. The molecule has 0 radical (unpaired) electrons. The summed E-state index contributed by atoms with van der Waals surface area (Å²) in [6.07, 6.45) is 0. The quantitative estimate of drug-likeness (QED) is 0.439. The number of amides is 1. The van der Waals surface area contributed by atoms with Crippen molar-refractivity contribution in [3.63, 3.8) is 0 Å². The molecule has 8 heteroatoms. The molecule has 1 fully saturated rings. The molecule has 3 aromatic rings. The van der Waals surface area contributed by atoms with Crippen LogP contribution in [-0.4, -0.2) is 60.1 Å². The number of carbonyl (C=O) groups excluding carboxylic acids is 1. The van der Waals surface area contributed by atoms with E-state index in [2.05, 4.69) is 15.2 Å². The molecule has 1 N–H and O–H groups in total. The Kier molecular flexibility index (Phi) is 7.07. The van der Waals surface area contributed by atoms with Crippen LogP contribution in [0.25, 0.3) is 22.4 Å². The molecule has 1 saturated heterocycles. The van der Waals surface area contributed by atoms with Gasteiger partial charge >= 0.3 is 0 Å².